The molecule has 0 bridgehead atoms. The van der Waals surface area contributed by atoms with Crippen molar-refractivity contribution >= 4 is 11.3 Å². The highest BCUT2D eigenvalue weighted by Crippen LogP contribution is 2.35. The highest BCUT2D eigenvalue weighted by molar-refractivity contribution is 7.15. The number of hydrogen-bond acceptors (Lipinski definition) is 6. The summed E-state index contributed by atoms with van der Waals surface area (Å²) in [5.74, 6) is 1.44. The van der Waals surface area contributed by atoms with E-state index in [1.54, 1.807) is 0 Å². The average molecular weight is 409 g/mol. The van der Waals surface area contributed by atoms with E-state index in [1.165, 1.54) is 41.7 Å². The molecule has 1 aliphatic carbocycles. The van der Waals surface area contributed by atoms with Gasteiger partial charge in [-0.05, 0) is 49.3 Å². The first-order chi connectivity index (χ1) is 14.3. The summed E-state index contributed by atoms with van der Waals surface area (Å²) in [6, 6.07) is 13.0. The van der Waals surface area contributed by atoms with E-state index in [4.69, 9.17) is 4.42 Å². The molecule has 5 nitrogen and oxygen atoms in total. The van der Waals surface area contributed by atoms with Crippen LogP contribution in [0.1, 0.15) is 34.7 Å². The lowest BCUT2D eigenvalue weighted by atomic mass is 9.99. The second-order valence-corrected chi connectivity index (χ2v) is 9.26. The number of rotatable bonds is 6. The third-order valence-corrected chi connectivity index (χ3v) is 7.28. The Morgan fingerprint density at radius 2 is 1.72 bits per heavy atom. The van der Waals surface area contributed by atoms with Gasteiger partial charge >= 0.3 is 0 Å². The van der Waals surface area contributed by atoms with Crippen LogP contribution in [0.3, 0.4) is 0 Å². The molecule has 6 heteroatoms. The van der Waals surface area contributed by atoms with Crippen molar-refractivity contribution in [3.05, 3.63) is 58.3 Å². The van der Waals surface area contributed by atoms with Crippen molar-refractivity contribution in [3.63, 3.8) is 0 Å². The number of hydrogen-bond donors (Lipinski definition) is 0. The molecule has 5 rings (SSSR count). The van der Waals surface area contributed by atoms with Gasteiger partial charge in [0.2, 0.25) is 5.89 Å². The standard InChI is InChI=1S/C23H28N4OS/c1-2-6-18(7-3-1)10-11-26-12-14-27(15-13-26)17-22-24-25-23(28-22)21-16-19-8-4-5-9-20(19)29-21/h1-3,6-7,16H,4-5,8-15,17H2. The van der Waals surface area contributed by atoms with E-state index < -0.39 is 0 Å². The molecule has 0 spiro atoms. The Morgan fingerprint density at radius 3 is 2.55 bits per heavy atom. The Labute approximate surface area is 176 Å². The number of piperazine rings is 1. The summed E-state index contributed by atoms with van der Waals surface area (Å²) in [6.45, 7) is 6.20. The largest absolute Gasteiger partial charge is 0.419 e. The van der Waals surface area contributed by atoms with Gasteiger partial charge in [-0.1, -0.05) is 30.3 Å². The molecule has 3 heterocycles. The van der Waals surface area contributed by atoms with Crippen molar-refractivity contribution in [2.24, 2.45) is 0 Å². The number of nitrogens with zero attached hydrogens (tertiary/aromatic N) is 4. The predicted molar refractivity (Wildman–Crippen MR) is 116 cm³/mol. The fourth-order valence-electron chi connectivity index (χ4n) is 4.31. The molecule has 0 amide bonds. The third kappa shape index (κ3) is 4.60. The van der Waals surface area contributed by atoms with Gasteiger partial charge in [0.05, 0.1) is 11.4 Å². The minimum Gasteiger partial charge on any atom is -0.419 e. The van der Waals surface area contributed by atoms with Crippen LogP contribution in [0.4, 0.5) is 0 Å². The van der Waals surface area contributed by atoms with Crippen LogP contribution in [-0.2, 0) is 25.8 Å². The van der Waals surface area contributed by atoms with Crippen molar-refractivity contribution in [2.45, 2.75) is 38.6 Å². The van der Waals surface area contributed by atoms with Crippen LogP contribution < -0.4 is 0 Å². The normalized spacial score (nSPS) is 18.1. The van der Waals surface area contributed by atoms with Gasteiger partial charge in [0.15, 0.2) is 0 Å². The zero-order valence-electron chi connectivity index (χ0n) is 16.8. The smallest absolute Gasteiger partial charge is 0.257 e. The van der Waals surface area contributed by atoms with E-state index in [0.29, 0.717) is 5.89 Å². The number of fused-ring (bicyclic) bond motifs is 1. The summed E-state index contributed by atoms with van der Waals surface area (Å²) in [7, 11) is 0. The maximum atomic E-state index is 6.02. The molecule has 3 aromatic rings. The second-order valence-electron chi connectivity index (χ2n) is 8.12. The number of thiophene rings is 1. The Hall–Kier alpha value is -2.02. The summed E-state index contributed by atoms with van der Waals surface area (Å²) >= 11 is 1.84. The molecule has 29 heavy (non-hydrogen) atoms. The molecule has 0 unspecified atom stereocenters. The fraction of sp³-hybridized carbons (Fsp3) is 0.478. The van der Waals surface area contributed by atoms with E-state index >= 15 is 0 Å². The van der Waals surface area contributed by atoms with Crippen LogP contribution in [-0.4, -0.2) is 52.7 Å². The van der Waals surface area contributed by atoms with Crippen molar-refractivity contribution in [3.8, 4) is 10.8 Å². The molecule has 0 atom stereocenters. The van der Waals surface area contributed by atoms with Crippen molar-refractivity contribution in [2.75, 3.05) is 32.7 Å². The lowest BCUT2D eigenvalue weighted by Crippen LogP contribution is -2.46. The van der Waals surface area contributed by atoms with Gasteiger partial charge in [0.25, 0.3) is 5.89 Å². The molecule has 1 aliphatic heterocycles. The first-order valence-corrected chi connectivity index (χ1v) is 11.6. The molecular weight excluding hydrogens is 380 g/mol. The third-order valence-electron chi connectivity index (χ3n) is 6.06. The van der Waals surface area contributed by atoms with E-state index in [1.807, 2.05) is 11.3 Å². The van der Waals surface area contributed by atoms with Gasteiger partial charge < -0.3 is 9.32 Å². The van der Waals surface area contributed by atoms with E-state index in [9.17, 15) is 0 Å². The maximum absolute atomic E-state index is 6.02. The predicted octanol–water partition coefficient (Wildman–Crippen LogP) is 4.04. The van der Waals surface area contributed by atoms with E-state index in [0.717, 1.165) is 56.5 Å². The molecule has 152 valence electrons. The number of aryl methyl sites for hydroxylation is 2. The van der Waals surface area contributed by atoms with Crippen molar-refractivity contribution in [1.29, 1.82) is 0 Å². The Bertz CT molecular complexity index is 904. The Morgan fingerprint density at radius 1 is 0.931 bits per heavy atom. The SMILES string of the molecule is c1ccc(CCN2CCN(Cc3nnc(-c4cc5c(s4)CCCC5)o3)CC2)cc1. The first-order valence-electron chi connectivity index (χ1n) is 10.8. The molecule has 2 aliphatic rings. The highest BCUT2D eigenvalue weighted by atomic mass is 32.1. The minimum atomic E-state index is 0.695. The fourth-order valence-corrected chi connectivity index (χ4v) is 5.48. The van der Waals surface area contributed by atoms with Gasteiger partial charge in [-0.25, -0.2) is 0 Å². The van der Waals surface area contributed by atoms with Crippen LogP contribution in [0, 0.1) is 0 Å². The van der Waals surface area contributed by atoms with Crippen LogP contribution in [0.25, 0.3) is 10.8 Å². The van der Waals surface area contributed by atoms with Gasteiger partial charge in [0, 0.05) is 37.6 Å². The van der Waals surface area contributed by atoms with Crippen LogP contribution in [0.2, 0.25) is 0 Å². The molecule has 1 saturated heterocycles. The first kappa shape index (κ1) is 19.0. The molecular formula is C23H28N4OS. The second kappa shape index (κ2) is 8.78. The number of aromatic nitrogens is 2. The lowest BCUT2D eigenvalue weighted by Gasteiger charge is -2.33. The summed E-state index contributed by atoms with van der Waals surface area (Å²) in [5.41, 5.74) is 2.91. The summed E-state index contributed by atoms with van der Waals surface area (Å²) in [5, 5.41) is 8.65. The van der Waals surface area contributed by atoms with Crippen LogP contribution in [0.15, 0.2) is 40.8 Å². The minimum absolute atomic E-state index is 0.695. The van der Waals surface area contributed by atoms with E-state index in [-0.39, 0.29) is 0 Å². The van der Waals surface area contributed by atoms with Gasteiger partial charge in [-0.15, -0.1) is 21.5 Å². The molecule has 0 N–H and O–H groups in total. The molecule has 2 aromatic heterocycles. The molecule has 0 radical (unpaired) electrons. The zero-order chi connectivity index (χ0) is 19.5. The molecule has 0 saturated carbocycles. The lowest BCUT2D eigenvalue weighted by molar-refractivity contribution is 0.120. The van der Waals surface area contributed by atoms with Gasteiger partial charge in [0.1, 0.15) is 0 Å². The monoisotopic (exact) mass is 408 g/mol. The molecule has 1 fully saturated rings. The highest BCUT2D eigenvalue weighted by Gasteiger charge is 2.21. The summed E-state index contributed by atoms with van der Waals surface area (Å²) < 4.78 is 6.02. The maximum Gasteiger partial charge on any atom is 0.257 e. The van der Waals surface area contributed by atoms with Gasteiger partial charge in [-0.2, -0.15) is 0 Å². The van der Waals surface area contributed by atoms with Gasteiger partial charge in [-0.3, -0.25) is 4.90 Å². The number of benzene rings is 1. The molecule has 1 aromatic carbocycles. The van der Waals surface area contributed by atoms with E-state index in [2.05, 4.69) is 56.4 Å². The Kier molecular flexibility index (Phi) is 5.74. The zero-order valence-corrected chi connectivity index (χ0v) is 17.7. The Balaban J connectivity index is 1.12. The van der Waals surface area contributed by atoms with Crippen molar-refractivity contribution < 1.29 is 4.42 Å². The quantitative estimate of drug-likeness (QED) is 0.616. The van der Waals surface area contributed by atoms with Crippen molar-refractivity contribution in [1.82, 2.24) is 20.0 Å². The topological polar surface area (TPSA) is 45.4 Å². The van der Waals surface area contributed by atoms with Crippen LogP contribution in [0.5, 0.6) is 0 Å². The average Bonchev–Trinajstić information content (AvgIpc) is 3.41. The summed E-state index contributed by atoms with van der Waals surface area (Å²) in [6.07, 6.45) is 6.13. The van der Waals surface area contributed by atoms with Crippen LogP contribution >= 0.6 is 11.3 Å². The summed E-state index contributed by atoms with van der Waals surface area (Å²) in [4.78, 5) is 7.63.